The number of nitrogens with one attached hydrogen (secondary N) is 1. The summed E-state index contributed by atoms with van der Waals surface area (Å²) in [5, 5.41) is 7.77. The van der Waals surface area contributed by atoms with E-state index in [4.69, 9.17) is 5.73 Å². The number of alkyl halides is 2. The zero-order valence-electron chi connectivity index (χ0n) is 14.6. The Bertz CT molecular complexity index is 779. The summed E-state index contributed by atoms with van der Waals surface area (Å²) in [6.07, 6.45) is 4.41. The quantitative estimate of drug-likeness (QED) is 0.844. The minimum atomic E-state index is -2.53. The average Bonchev–Trinajstić information content (AvgIpc) is 3.11. The largest absolute Gasteiger partial charge is 0.367 e. The first-order chi connectivity index (χ1) is 11.8. The zero-order chi connectivity index (χ0) is 17.7. The van der Waals surface area contributed by atoms with Gasteiger partial charge in [-0.2, -0.15) is 10.1 Å². The molecule has 0 atom stereocenters. The topological polar surface area (TPSA) is 81.7 Å². The van der Waals surface area contributed by atoms with Crippen molar-refractivity contribution in [3.05, 3.63) is 29.7 Å². The summed E-state index contributed by atoms with van der Waals surface area (Å²) in [5.74, 6) is -1.43. The lowest BCUT2D eigenvalue weighted by Crippen LogP contribution is -2.32. The van der Waals surface area contributed by atoms with Gasteiger partial charge < -0.3 is 11.1 Å². The van der Waals surface area contributed by atoms with Crippen LogP contribution < -0.4 is 11.1 Å². The van der Waals surface area contributed by atoms with E-state index < -0.39 is 5.92 Å². The third kappa shape index (κ3) is 3.96. The van der Waals surface area contributed by atoms with E-state index in [-0.39, 0.29) is 36.8 Å². The predicted octanol–water partition coefficient (Wildman–Crippen LogP) is 3.33. The summed E-state index contributed by atoms with van der Waals surface area (Å²) in [4.78, 5) is 8.92. The second-order valence-corrected chi connectivity index (χ2v) is 7.27. The lowest BCUT2D eigenvalue weighted by Gasteiger charge is -2.29. The first kappa shape index (κ1) is 19.0. The molecule has 0 aromatic carbocycles. The summed E-state index contributed by atoms with van der Waals surface area (Å²) in [6, 6.07) is 3.73. The van der Waals surface area contributed by atoms with Crippen LogP contribution in [0.5, 0.6) is 0 Å². The van der Waals surface area contributed by atoms with Crippen molar-refractivity contribution in [2.75, 3.05) is 5.32 Å². The highest BCUT2D eigenvalue weighted by atomic mass is 35.5. The van der Waals surface area contributed by atoms with Gasteiger partial charge >= 0.3 is 0 Å². The number of nitrogens with zero attached hydrogens (tertiary/aromatic N) is 4. The lowest BCUT2D eigenvalue weighted by molar-refractivity contribution is -0.0361. The number of aryl methyl sites for hydroxylation is 1. The van der Waals surface area contributed by atoms with Crippen molar-refractivity contribution >= 4 is 18.2 Å². The fourth-order valence-electron chi connectivity index (χ4n) is 3.21. The Balaban J connectivity index is 0.00000196. The summed E-state index contributed by atoms with van der Waals surface area (Å²) in [5.41, 5.74) is 7.51. The van der Waals surface area contributed by atoms with Crippen LogP contribution >= 0.6 is 12.4 Å². The van der Waals surface area contributed by atoms with Gasteiger partial charge in [-0.15, -0.1) is 12.4 Å². The SMILES string of the molecule is Cc1cc(NC2CCC(F)(F)CC2)nc(-n2ccc(C3(N)CC3)n2)n1.Cl. The van der Waals surface area contributed by atoms with Gasteiger partial charge in [-0.1, -0.05) is 0 Å². The molecule has 26 heavy (non-hydrogen) atoms. The number of nitrogens with two attached hydrogens (primary N) is 1. The third-order valence-corrected chi connectivity index (χ3v) is 5.00. The molecule has 0 bridgehead atoms. The van der Waals surface area contributed by atoms with Crippen LogP contribution in [0.1, 0.15) is 49.9 Å². The average molecular weight is 385 g/mol. The second kappa shape index (κ2) is 6.74. The normalized spacial score (nSPS) is 21.1. The first-order valence-corrected chi connectivity index (χ1v) is 8.69. The van der Waals surface area contributed by atoms with Crippen molar-refractivity contribution in [1.82, 2.24) is 19.7 Å². The Morgan fingerprint density at radius 3 is 2.54 bits per heavy atom. The predicted molar refractivity (Wildman–Crippen MR) is 97.1 cm³/mol. The molecule has 0 amide bonds. The van der Waals surface area contributed by atoms with Crippen LogP contribution in [-0.2, 0) is 5.54 Å². The van der Waals surface area contributed by atoms with Gasteiger partial charge in [-0.05, 0) is 38.7 Å². The van der Waals surface area contributed by atoms with Crippen LogP contribution in [-0.4, -0.2) is 31.7 Å². The first-order valence-electron chi connectivity index (χ1n) is 8.69. The van der Waals surface area contributed by atoms with Gasteiger partial charge in [0.1, 0.15) is 5.82 Å². The van der Waals surface area contributed by atoms with Crippen LogP contribution in [0.4, 0.5) is 14.6 Å². The molecule has 0 spiro atoms. The Hall–Kier alpha value is -1.80. The van der Waals surface area contributed by atoms with Gasteiger partial charge in [0.05, 0.1) is 11.2 Å². The van der Waals surface area contributed by atoms with Crippen LogP contribution in [0.25, 0.3) is 5.95 Å². The number of rotatable bonds is 4. The molecule has 4 rings (SSSR count). The Morgan fingerprint density at radius 2 is 1.88 bits per heavy atom. The van der Waals surface area contributed by atoms with E-state index in [9.17, 15) is 8.78 Å². The molecule has 2 aliphatic carbocycles. The summed E-state index contributed by atoms with van der Waals surface area (Å²) in [6.45, 7) is 1.88. The number of halogens is 3. The van der Waals surface area contributed by atoms with Crippen LogP contribution in [0, 0.1) is 6.92 Å². The van der Waals surface area contributed by atoms with Gasteiger partial charge in [-0.25, -0.2) is 18.4 Å². The monoisotopic (exact) mass is 384 g/mol. The molecule has 0 unspecified atom stereocenters. The number of hydrogen-bond acceptors (Lipinski definition) is 5. The highest BCUT2D eigenvalue weighted by Gasteiger charge is 2.42. The van der Waals surface area contributed by atoms with Crippen LogP contribution in [0.2, 0.25) is 0 Å². The fraction of sp³-hybridized carbons (Fsp3) is 0.588. The van der Waals surface area contributed by atoms with Crippen molar-refractivity contribution in [3.8, 4) is 5.95 Å². The molecule has 9 heteroatoms. The molecule has 3 N–H and O–H groups in total. The van der Waals surface area contributed by atoms with Gasteiger partial charge in [-0.3, -0.25) is 0 Å². The molecule has 2 aromatic heterocycles. The van der Waals surface area contributed by atoms with Crippen LogP contribution in [0.15, 0.2) is 18.3 Å². The summed E-state index contributed by atoms with van der Waals surface area (Å²) >= 11 is 0. The Kier molecular flexibility index (Phi) is 4.92. The van der Waals surface area contributed by atoms with Crippen molar-refractivity contribution in [2.45, 2.75) is 63.0 Å². The maximum absolute atomic E-state index is 13.3. The maximum atomic E-state index is 13.3. The van der Waals surface area contributed by atoms with E-state index in [1.165, 1.54) is 0 Å². The second-order valence-electron chi connectivity index (χ2n) is 7.27. The van der Waals surface area contributed by atoms with Gasteiger partial charge in [0.2, 0.25) is 5.92 Å². The minimum absolute atomic E-state index is 0. The lowest BCUT2D eigenvalue weighted by atomic mass is 9.92. The smallest absolute Gasteiger partial charge is 0.252 e. The molecule has 6 nitrogen and oxygen atoms in total. The van der Waals surface area contributed by atoms with Crippen LogP contribution in [0.3, 0.4) is 0 Å². The maximum Gasteiger partial charge on any atom is 0.252 e. The Morgan fingerprint density at radius 1 is 1.19 bits per heavy atom. The third-order valence-electron chi connectivity index (χ3n) is 5.00. The molecular formula is C17H23ClF2N6. The zero-order valence-corrected chi connectivity index (χ0v) is 15.4. The van der Waals surface area contributed by atoms with Crippen molar-refractivity contribution < 1.29 is 8.78 Å². The van der Waals surface area contributed by atoms with Crippen molar-refractivity contribution in [2.24, 2.45) is 5.73 Å². The van der Waals surface area contributed by atoms with E-state index in [0.717, 1.165) is 24.2 Å². The number of aromatic nitrogens is 4. The number of hydrogen-bond donors (Lipinski definition) is 2. The summed E-state index contributed by atoms with van der Waals surface area (Å²) < 4.78 is 28.2. The van der Waals surface area contributed by atoms with Gasteiger partial charge in [0.15, 0.2) is 0 Å². The fourth-order valence-corrected chi connectivity index (χ4v) is 3.21. The van der Waals surface area contributed by atoms with E-state index in [1.807, 2.05) is 25.3 Å². The molecule has 0 saturated heterocycles. The van der Waals surface area contributed by atoms with E-state index >= 15 is 0 Å². The van der Waals surface area contributed by atoms with Gasteiger partial charge in [0.25, 0.3) is 5.95 Å². The van der Waals surface area contributed by atoms with Crippen molar-refractivity contribution in [1.29, 1.82) is 0 Å². The molecule has 2 aromatic rings. The molecule has 0 aliphatic heterocycles. The molecule has 2 heterocycles. The molecular weight excluding hydrogens is 362 g/mol. The minimum Gasteiger partial charge on any atom is -0.367 e. The molecule has 2 fully saturated rings. The highest BCUT2D eigenvalue weighted by Crippen LogP contribution is 2.41. The Labute approximate surface area is 157 Å². The van der Waals surface area contributed by atoms with Gasteiger partial charge in [0, 0.05) is 36.8 Å². The molecule has 2 saturated carbocycles. The van der Waals surface area contributed by atoms with Crippen molar-refractivity contribution in [3.63, 3.8) is 0 Å². The molecule has 142 valence electrons. The van der Waals surface area contributed by atoms with E-state index in [1.54, 1.807) is 4.68 Å². The summed E-state index contributed by atoms with van der Waals surface area (Å²) in [7, 11) is 0. The standard InChI is InChI=1S/C17H22F2N6.ClH/c1-11-10-14(22-12-2-5-17(18,19)6-3-12)23-15(21-11)25-9-4-13(24-25)16(20)7-8-16;/h4,9-10,12H,2-3,5-8,20H2,1H3,(H,21,22,23);1H. The van der Waals surface area contributed by atoms with E-state index in [2.05, 4.69) is 20.4 Å². The number of anilines is 1. The van der Waals surface area contributed by atoms with E-state index in [0.29, 0.717) is 24.6 Å². The molecule has 2 aliphatic rings. The highest BCUT2D eigenvalue weighted by molar-refractivity contribution is 5.85. The molecule has 0 radical (unpaired) electrons.